The Morgan fingerprint density at radius 2 is 1.73 bits per heavy atom. The Morgan fingerprint density at radius 3 is 2.27 bits per heavy atom. The number of hydrogen-bond donors (Lipinski definition) is 2. The summed E-state index contributed by atoms with van der Waals surface area (Å²) in [6, 6.07) is 5.90. The smallest absolute Gasteiger partial charge is 0.411 e. The number of carbonyl (C=O) groups excluding carboxylic acids is 3. The summed E-state index contributed by atoms with van der Waals surface area (Å²) in [5, 5.41) is 6.01. The van der Waals surface area contributed by atoms with Gasteiger partial charge in [0.1, 0.15) is 23.5 Å². The number of carbonyl (C=O) groups is 3. The van der Waals surface area contributed by atoms with Crippen LogP contribution in [0, 0.1) is 5.92 Å². The number of ether oxygens (including phenoxy) is 2. The molecule has 9 nitrogen and oxygen atoms in total. The molecule has 3 aliphatic heterocycles. The van der Waals surface area contributed by atoms with Gasteiger partial charge in [0, 0.05) is 19.5 Å². The summed E-state index contributed by atoms with van der Waals surface area (Å²) in [5.74, 6) is -0.245. The number of nitrogens with zero attached hydrogens (tertiary/aromatic N) is 1. The second-order valence-corrected chi connectivity index (χ2v) is 18.4. The van der Waals surface area contributed by atoms with Crippen molar-refractivity contribution in [1.82, 2.24) is 15.5 Å². The molecule has 1 saturated heterocycles. The van der Waals surface area contributed by atoms with E-state index in [1.165, 1.54) is 4.90 Å². The van der Waals surface area contributed by atoms with Gasteiger partial charge in [-0.1, -0.05) is 53.2 Å². The number of hydrogen-bond acceptors (Lipinski definition) is 6. The SMILES string of the molecule is CCC(C)[C@@H]1NC(=O)[C@@H]2[C@H](CCN2C(=O)OC(C)(C)C)Oc2ccc(cc2)[C@H](O[Si](C)(C)C(C)(C)C)CNC1=O. The first-order valence-corrected chi connectivity index (χ1v) is 17.4. The Labute approximate surface area is 240 Å². The molecule has 1 aromatic carbocycles. The Balaban J connectivity index is 2.01. The van der Waals surface area contributed by atoms with Crippen LogP contribution in [0.4, 0.5) is 4.79 Å². The maximum Gasteiger partial charge on any atom is 0.411 e. The van der Waals surface area contributed by atoms with E-state index < -0.39 is 44.1 Å². The average molecular weight is 576 g/mol. The lowest BCUT2D eigenvalue weighted by Gasteiger charge is -2.39. The van der Waals surface area contributed by atoms with Gasteiger partial charge in [-0.05, 0) is 62.5 Å². The highest BCUT2D eigenvalue weighted by atomic mass is 28.4. The first-order chi connectivity index (χ1) is 18.4. The minimum atomic E-state index is -2.17. The summed E-state index contributed by atoms with van der Waals surface area (Å²) >= 11 is 0. The predicted molar refractivity (Wildman–Crippen MR) is 158 cm³/mol. The lowest BCUT2D eigenvalue weighted by molar-refractivity contribution is -0.134. The van der Waals surface area contributed by atoms with Crippen molar-refractivity contribution in [3.05, 3.63) is 29.8 Å². The Bertz CT molecular complexity index is 1060. The molecule has 0 spiro atoms. The number of benzene rings is 1. The van der Waals surface area contributed by atoms with E-state index in [1.54, 1.807) is 20.8 Å². The van der Waals surface area contributed by atoms with Crippen molar-refractivity contribution in [2.24, 2.45) is 5.92 Å². The van der Waals surface area contributed by atoms with Crippen molar-refractivity contribution in [3.63, 3.8) is 0 Å². The second kappa shape index (κ2) is 12.1. The van der Waals surface area contributed by atoms with Gasteiger partial charge >= 0.3 is 6.09 Å². The third kappa shape index (κ3) is 7.57. The number of nitrogens with one attached hydrogen (secondary N) is 2. The fourth-order valence-electron chi connectivity index (χ4n) is 4.66. The molecule has 2 bridgehead atoms. The summed E-state index contributed by atoms with van der Waals surface area (Å²) in [6.45, 7) is 20.8. The average Bonchev–Trinajstić information content (AvgIpc) is 3.26. The van der Waals surface area contributed by atoms with E-state index in [2.05, 4.69) is 44.5 Å². The Kier molecular flexibility index (Phi) is 9.66. The van der Waals surface area contributed by atoms with Crippen LogP contribution in [0.1, 0.15) is 79.9 Å². The van der Waals surface area contributed by atoms with Crippen LogP contribution in [0.2, 0.25) is 18.1 Å². The molecule has 4 rings (SSSR count). The van der Waals surface area contributed by atoms with E-state index in [1.807, 2.05) is 38.1 Å². The summed E-state index contributed by atoms with van der Waals surface area (Å²) in [6.07, 6.45) is -0.386. The third-order valence-corrected chi connectivity index (χ3v) is 12.8. The summed E-state index contributed by atoms with van der Waals surface area (Å²) in [5.41, 5.74) is 0.225. The van der Waals surface area contributed by atoms with Crippen LogP contribution in [-0.4, -0.2) is 68.0 Å². The van der Waals surface area contributed by atoms with Crippen molar-refractivity contribution < 1.29 is 28.3 Å². The summed E-state index contributed by atoms with van der Waals surface area (Å²) < 4.78 is 18.7. The molecule has 10 heteroatoms. The van der Waals surface area contributed by atoms with Crippen LogP contribution >= 0.6 is 0 Å². The fourth-order valence-corrected chi connectivity index (χ4v) is 5.95. The van der Waals surface area contributed by atoms with Crippen molar-refractivity contribution in [3.8, 4) is 5.75 Å². The molecule has 1 unspecified atom stereocenters. The highest BCUT2D eigenvalue weighted by Crippen LogP contribution is 2.40. The molecule has 3 aliphatic rings. The molecular weight excluding hydrogens is 526 g/mol. The van der Waals surface area contributed by atoms with Gasteiger partial charge in [-0.2, -0.15) is 0 Å². The lowest BCUT2D eigenvalue weighted by Crippen LogP contribution is -2.58. The van der Waals surface area contributed by atoms with Gasteiger partial charge in [0.25, 0.3) is 0 Å². The largest absolute Gasteiger partial charge is 0.488 e. The second-order valence-electron chi connectivity index (χ2n) is 13.6. The number of fused-ring (bicyclic) bond motifs is 8. The monoisotopic (exact) mass is 575 g/mol. The molecule has 1 aromatic rings. The minimum absolute atomic E-state index is 0.0100. The van der Waals surface area contributed by atoms with Crippen LogP contribution < -0.4 is 15.4 Å². The molecule has 3 amide bonds. The summed E-state index contributed by atoms with van der Waals surface area (Å²) in [4.78, 5) is 41.9. The number of rotatable bonds is 4. The highest BCUT2D eigenvalue weighted by Gasteiger charge is 2.46. The number of amides is 3. The quantitative estimate of drug-likeness (QED) is 0.480. The standard InChI is InChI=1S/C30H49N3O6Si/c1-11-19(2)24-26(34)31-18-23(39-40(9,10)30(6,7)8)20-12-14-21(15-13-20)37-22-16-17-33(25(22)27(35)32-24)28(36)38-29(3,4)5/h12-15,19,22-25H,11,16-18H2,1-10H3,(H,31,34)(H,32,35)/t19?,22-,23+,24-,25-/m0/s1. The van der Waals surface area contributed by atoms with Crippen LogP contribution in [0.25, 0.3) is 0 Å². The van der Waals surface area contributed by atoms with Gasteiger partial charge in [-0.15, -0.1) is 0 Å². The van der Waals surface area contributed by atoms with Gasteiger partial charge in [-0.25, -0.2) is 4.79 Å². The van der Waals surface area contributed by atoms with E-state index in [9.17, 15) is 14.4 Å². The van der Waals surface area contributed by atoms with Gasteiger partial charge in [-0.3, -0.25) is 14.5 Å². The van der Waals surface area contributed by atoms with Crippen LogP contribution in [0.15, 0.2) is 24.3 Å². The third-order valence-electron chi connectivity index (χ3n) is 8.28. The minimum Gasteiger partial charge on any atom is -0.488 e. The maximum atomic E-state index is 13.8. The Morgan fingerprint density at radius 1 is 1.10 bits per heavy atom. The zero-order valence-corrected chi connectivity index (χ0v) is 26.9. The van der Waals surface area contributed by atoms with Crippen LogP contribution in [-0.2, 0) is 18.8 Å². The molecule has 0 radical (unpaired) electrons. The van der Waals surface area contributed by atoms with Crippen molar-refractivity contribution >= 4 is 26.2 Å². The first kappa shape index (κ1) is 31.9. The fraction of sp³-hybridized carbons (Fsp3) is 0.700. The van der Waals surface area contributed by atoms with Crippen LogP contribution in [0.5, 0.6) is 5.75 Å². The molecule has 0 aromatic heterocycles. The van der Waals surface area contributed by atoms with Crippen molar-refractivity contribution in [2.75, 3.05) is 13.1 Å². The zero-order chi connectivity index (χ0) is 30.0. The molecule has 3 heterocycles. The van der Waals surface area contributed by atoms with E-state index in [4.69, 9.17) is 13.9 Å². The number of likely N-dealkylation sites (tertiary alicyclic amines) is 1. The topological polar surface area (TPSA) is 106 Å². The summed E-state index contributed by atoms with van der Waals surface area (Å²) in [7, 11) is -2.17. The van der Waals surface area contributed by atoms with Gasteiger partial charge in [0.05, 0.1) is 6.10 Å². The normalized spacial score (nSPS) is 25.3. The van der Waals surface area contributed by atoms with E-state index in [0.29, 0.717) is 25.1 Å². The molecule has 2 N–H and O–H groups in total. The van der Waals surface area contributed by atoms with E-state index in [-0.39, 0.29) is 29.5 Å². The molecule has 40 heavy (non-hydrogen) atoms. The molecule has 0 saturated carbocycles. The van der Waals surface area contributed by atoms with Crippen molar-refractivity contribution in [1.29, 1.82) is 0 Å². The van der Waals surface area contributed by atoms with Gasteiger partial charge < -0.3 is 24.5 Å². The van der Waals surface area contributed by atoms with Gasteiger partial charge in [0.15, 0.2) is 14.4 Å². The lowest BCUT2D eigenvalue weighted by atomic mass is 9.97. The van der Waals surface area contributed by atoms with E-state index in [0.717, 1.165) is 5.56 Å². The molecule has 5 atom stereocenters. The van der Waals surface area contributed by atoms with Crippen LogP contribution in [0.3, 0.4) is 0 Å². The van der Waals surface area contributed by atoms with E-state index >= 15 is 0 Å². The zero-order valence-electron chi connectivity index (χ0n) is 25.9. The predicted octanol–water partition coefficient (Wildman–Crippen LogP) is 5.17. The molecular formula is C30H49N3O6Si. The van der Waals surface area contributed by atoms with Crippen molar-refractivity contribution in [2.45, 2.75) is 116 Å². The molecule has 224 valence electrons. The van der Waals surface area contributed by atoms with Gasteiger partial charge in [0.2, 0.25) is 11.8 Å². The maximum absolute atomic E-state index is 13.8. The highest BCUT2D eigenvalue weighted by molar-refractivity contribution is 6.74. The molecule has 1 fully saturated rings. The molecule has 0 aliphatic carbocycles. The Hall–Kier alpha value is -2.59. The first-order valence-electron chi connectivity index (χ1n) is 14.5.